The van der Waals surface area contributed by atoms with Gasteiger partial charge in [0.2, 0.25) is 15.7 Å². The van der Waals surface area contributed by atoms with Gasteiger partial charge >= 0.3 is 5.76 Å². The van der Waals surface area contributed by atoms with Crippen LogP contribution in [0.4, 0.5) is 14.5 Å². The number of carbonyl (C=O) groups is 1. The van der Waals surface area contributed by atoms with Crippen molar-refractivity contribution >= 4 is 49.1 Å². The highest BCUT2D eigenvalue weighted by Gasteiger charge is 2.29. The summed E-state index contributed by atoms with van der Waals surface area (Å²) in [6.07, 6.45) is 2.65. The number of nitrogens with zero attached hydrogens (tertiary/aromatic N) is 1. The van der Waals surface area contributed by atoms with Crippen molar-refractivity contribution in [1.82, 2.24) is 4.98 Å². The molecule has 0 radical (unpaired) electrons. The molecule has 1 N–H and O–H groups in total. The molecule has 0 aliphatic heterocycles. The monoisotopic (exact) mass is 394 g/mol. The largest absolute Gasteiger partial charge is 0.341 e. The van der Waals surface area contributed by atoms with E-state index < -0.39 is 26.4 Å². The van der Waals surface area contributed by atoms with Crippen LogP contribution in [0.3, 0.4) is 0 Å². The van der Waals surface area contributed by atoms with Gasteiger partial charge in [-0.15, -0.1) is 11.3 Å². The molecule has 2 aromatic carbocycles. The van der Waals surface area contributed by atoms with Crippen molar-refractivity contribution in [2.45, 2.75) is 10.7 Å². The molecule has 0 saturated carbocycles. The first-order valence-electron chi connectivity index (χ1n) is 7.33. The third-order valence-corrected chi connectivity index (χ3v) is 5.81. The Morgan fingerprint density at radius 3 is 2.54 bits per heavy atom. The van der Waals surface area contributed by atoms with Gasteiger partial charge in [-0.25, -0.2) is 13.4 Å². The van der Waals surface area contributed by atoms with Crippen molar-refractivity contribution in [3.63, 3.8) is 0 Å². The molecule has 3 aromatic rings. The van der Waals surface area contributed by atoms with E-state index in [4.69, 9.17) is 0 Å². The molecule has 0 spiro atoms. The standard InChI is InChI=1S/C17H12F2N2O3S2/c18-17(19)26(23,24)14-8-4-2-6-12(14)20-15(22)9-10-16-21-11-5-1-3-7-13(11)25-16/h1-10,17H,(H,20,22)/b10-9+. The van der Waals surface area contributed by atoms with E-state index in [0.717, 1.165) is 16.3 Å². The molecule has 1 heterocycles. The molecule has 1 aromatic heterocycles. The topological polar surface area (TPSA) is 76.1 Å². The van der Waals surface area contributed by atoms with Crippen molar-refractivity contribution in [3.05, 3.63) is 59.6 Å². The Morgan fingerprint density at radius 1 is 1.12 bits per heavy atom. The van der Waals surface area contributed by atoms with Crippen LogP contribution in [0.25, 0.3) is 16.3 Å². The lowest BCUT2D eigenvalue weighted by atomic mass is 10.3. The molecular formula is C17H12F2N2O3S2. The highest BCUT2D eigenvalue weighted by atomic mass is 32.2. The molecule has 0 atom stereocenters. The average molecular weight is 394 g/mol. The number of alkyl halides is 2. The molecule has 9 heteroatoms. The van der Waals surface area contributed by atoms with Crippen molar-refractivity contribution in [1.29, 1.82) is 0 Å². The maximum atomic E-state index is 12.8. The SMILES string of the molecule is O=C(/C=C/c1nc2ccccc2s1)Nc1ccccc1S(=O)(=O)C(F)F. The maximum absolute atomic E-state index is 12.8. The summed E-state index contributed by atoms with van der Waals surface area (Å²) in [5.41, 5.74) is 0.595. The van der Waals surface area contributed by atoms with Crippen LogP contribution in [0.15, 0.2) is 59.5 Å². The molecule has 3 rings (SSSR count). The molecule has 0 unspecified atom stereocenters. The van der Waals surface area contributed by atoms with E-state index in [9.17, 15) is 22.0 Å². The minimum Gasteiger partial charge on any atom is -0.321 e. The Balaban J connectivity index is 1.80. The number of nitrogens with one attached hydrogen (secondary N) is 1. The Labute approximate surface area is 151 Å². The van der Waals surface area contributed by atoms with Gasteiger partial charge in [0.15, 0.2) is 0 Å². The zero-order valence-electron chi connectivity index (χ0n) is 13.1. The molecule has 1 amide bonds. The molecule has 0 saturated heterocycles. The van der Waals surface area contributed by atoms with E-state index in [0.29, 0.717) is 5.01 Å². The maximum Gasteiger partial charge on any atom is 0.341 e. The van der Waals surface area contributed by atoms with E-state index in [1.165, 1.54) is 41.7 Å². The Bertz CT molecular complexity index is 1060. The summed E-state index contributed by atoms with van der Waals surface area (Å²) in [7, 11) is -4.82. The number of hydrogen-bond acceptors (Lipinski definition) is 5. The van der Waals surface area contributed by atoms with E-state index in [-0.39, 0.29) is 5.69 Å². The summed E-state index contributed by atoms with van der Waals surface area (Å²) >= 11 is 1.38. The van der Waals surface area contributed by atoms with Crippen LogP contribution in [0.2, 0.25) is 0 Å². The molecule has 26 heavy (non-hydrogen) atoms. The highest BCUT2D eigenvalue weighted by Crippen LogP contribution is 2.26. The average Bonchev–Trinajstić information content (AvgIpc) is 3.03. The minimum absolute atomic E-state index is 0.202. The number of rotatable bonds is 5. The highest BCUT2D eigenvalue weighted by molar-refractivity contribution is 7.91. The summed E-state index contributed by atoms with van der Waals surface area (Å²) in [5, 5.41) is 2.91. The van der Waals surface area contributed by atoms with Crippen LogP contribution in [0, 0.1) is 0 Å². The van der Waals surface area contributed by atoms with Gasteiger partial charge in [0.05, 0.1) is 20.8 Å². The first-order valence-corrected chi connectivity index (χ1v) is 9.70. The smallest absolute Gasteiger partial charge is 0.321 e. The van der Waals surface area contributed by atoms with Gasteiger partial charge in [0, 0.05) is 6.08 Å². The summed E-state index contributed by atoms with van der Waals surface area (Å²) in [5.74, 6) is -4.22. The fourth-order valence-electron chi connectivity index (χ4n) is 2.20. The molecule has 5 nitrogen and oxygen atoms in total. The molecular weight excluding hydrogens is 382 g/mol. The summed E-state index contributed by atoms with van der Waals surface area (Å²) < 4.78 is 49.9. The number of fused-ring (bicyclic) bond motifs is 1. The van der Waals surface area contributed by atoms with Gasteiger partial charge in [-0.1, -0.05) is 24.3 Å². The minimum atomic E-state index is -4.82. The lowest BCUT2D eigenvalue weighted by Gasteiger charge is -2.09. The second-order valence-corrected chi connectivity index (χ2v) is 8.09. The number of halogens is 2. The van der Waals surface area contributed by atoms with Crippen LogP contribution >= 0.6 is 11.3 Å². The number of thiazole rings is 1. The zero-order valence-corrected chi connectivity index (χ0v) is 14.7. The van der Waals surface area contributed by atoms with Crippen LogP contribution in [-0.2, 0) is 14.6 Å². The number of anilines is 1. The third kappa shape index (κ3) is 3.78. The van der Waals surface area contributed by atoms with E-state index in [2.05, 4.69) is 10.3 Å². The number of amides is 1. The van der Waals surface area contributed by atoms with Crippen LogP contribution in [0.1, 0.15) is 5.01 Å². The zero-order chi connectivity index (χ0) is 18.7. The first-order chi connectivity index (χ1) is 12.4. The van der Waals surface area contributed by atoms with Crippen LogP contribution in [-0.4, -0.2) is 25.1 Å². The molecule has 0 bridgehead atoms. The van der Waals surface area contributed by atoms with Crippen molar-refractivity contribution in [2.75, 3.05) is 5.32 Å². The predicted octanol–water partition coefficient (Wildman–Crippen LogP) is 3.94. The summed E-state index contributed by atoms with van der Waals surface area (Å²) in [6.45, 7) is 0. The van der Waals surface area contributed by atoms with Gasteiger partial charge in [-0.3, -0.25) is 4.79 Å². The summed E-state index contributed by atoms with van der Waals surface area (Å²) in [6, 6.07) is 12.5. The predicted molar refractivity (Wildman–Crippen MR) is 96.9 cm³/mol. The summed E-state index contributed by atoms with van der Waals surface area (Å²) in [4.78, 5) is 15.7. The van der Waals surface area contributed by atoms with Crippen molar-refractivity contribution in [3.8, 4) is 0 Å². The number of benzene rings is 2. The van der Waals surface area contributed by atoms with E-state index >= 15 is 0 Å². The van der Waals surface area contributed by atoms with Crippen molar-refractivity contribution < 1.29 is 22.0 Å². The number of aromatic nitrogens is 1. The molecule has 134 valence electrons. The molecule has 0 aliphatic carbocycles. The second-order valence-electron chi connectivity index (χ2n) is 5.14. The lowest BCUT2D eigenvalue weighted by molar-refractivity contribution is -0.111. The Hall–Kier alpha value is -2.65. The Morgan fingerprint density at radius 2 is 1.81 bits per heavy atom. The van der Waals surface area contributed by atoms with Gasteiger partial charge in [0.25, 0.3) is 0 Å². The van der Waals surface area contributed by atoms with E-state index in [1.54, 1.807) is 0 Å². The quantitative estimate of drug-likeness (QED) is 0.665. The fraction of sp³-hybridized carbons (Fsp3) is 0.0588. The van der Waals surface area contributed by atoms with Crippen LogP contribution < -0.4 is 5.32 Å². The fourth-order valence-corrected chi connectivity index (χ4v) is 3.95. The van der Waals surface area contributed by atoms with Crippen molar-refractivity contribution in [2.24, 2.45) is 0 Å². The molecule has 0 fully saturated rings. The number of para-hydroxylation sites is 2. The lowest BCUT2D eigenvalue weighted by Crippen LogP contribution is -2.16. The van der Waals surface area contributed by atoms with Gasteiger partial charge < -0.3 is 5.32 Å². The second kappa shape index (κ2) is 7.30. The number of carbonyl (C=O) groups excluding carboxylic acids is 1. The van der Waals surface area contributed by atoms with Gasteiger partial charge in [0.1, 0.15) is 5.01 Å². The molecule has 0 aliphatic rings. The first kappa shape index (κ1) is 18.2. The Kier molecular flexibility index (Phi) is 5.10. The van der Waals surface area contributed by atoms with Gasteiger partial charge in [-0.05, 0) is 30.3 Å². The van der Waals surface area contributed by atoms with E-state index in [1.807, 2.05) is 24.3 Å². The number of hydrogen-bond donors (Lipinski definition) is 1. The number of sulfone groups is 1. The third-order valence-electron chi connectivity index (χ3n) is 3.37. The van der Waals surface area contributed by atoms with Gasteiger partial charge in [-0.2, -0.15) is 8.78 Å². The normalized spacial score (nSPS) is 12.1. The van der Waals surface area contributed by atoms with Crippen LogP contribution in [0.5, 0.6) is 0 Å².